The van der Waals surface area contributed by atoms with Crippen LogP contribution in [0.1, 0.15) is 38.7 Å². The van der Waals surface area contributed by atoms with Crippen LogP contribution in [0.2, 0.25) is 0 Å². The lowest BCUT2D eigenvalue weighted by Crippen LogP contribution is -2.41. The van der Waals surface area contributed by atoms with Gasteiger partial charge in [0.1, 0.15) is 6.61 Å². The van der Waals surface area contributed by atoms with E-state index in [1.807, 2.05) is 35.2 Å². The fourth-order valence-corrected chi connectivity index (χ4v) is 4.84. The van der Waals surface area contributed by atoms with Crippen molar-refractivity contribution < 1.29 is 29.2 Å². The van der Waals surface area contributed by atoms with Crippen molar-refractivity contribution in [3.63, 3.8) is 0 Å². The summed E-state index contributed by atoms with van der Waals surface area (Å²) in [6.07, 6.45) is 1.81. The topological polar surface area (TPSA) is 88.5 Å². The summed E-state index contributed by atoms with van der Waals surface area (Å²) < 4.78 is 16.7. The number of nitrogens with zero attached hydrogens (tertiary/aromatic N) is 1. The number of aliphatic hydroxyl groups is 2. The molecule has 7 heteroatoms. The van der Waals surface area contributed by atoms with Crippen LogP contribution in [0.4, 0.5) is 0 Å². The summed E-state index contributed by atoms with van der Waals surface area (Å²) in [5.41, 5.74) is 0.932. The van der Waals surface area contributed by atoms with Crippen LogP contribution >= 0.6 is 0 Å². The maximum Gasteiger partial charge on any atom is 0.320 e. The van der Waals surface area contributed by atoms with Crippen molar-refractivity contribution in [2.75, 3.05) is 32.9 Å². The lowest BCUT2D eigenvalue weighted by Gasteiger charge is -2.26. The number of aliphatic hydroxyl groups excluding tert-OH is 2. The van der Waals surface area contributed by atoms with Crippen LogP contribution in [-0.2, 0) is 25.6 Å². The highest BCUT2D eigenvalue weighted by molar-refractivity contribution is 5.71. The normalized spacial score (nSPS) is 25.9. The predicted molar refractivity (Wildman–Crippen MR) is 116 cm³/mol. The number of carbonyl (C=O) groups excluding carboxylic acids is 1. The van der Waals surface area contributed by atoms with Crippen LogP contribution in [0.3, 0.4) is 0 Å². The van der Waals surface area contributed by atoms with Crippen molar-refractivity contribution >= 4 is 5.97 Å². The summed E-state index contributed by atoms with van der Waals surface area (Å²) in [5.74, 6) is 0.528. The van der Waals surface area contributed by atoms with Gasteiger partial charge in [-0.05, 0) is 36.2 Å². The standard InChI is InChI=1S/C24H37NO6/c1-17(2)10-19(12-23-29-8-9-30-23)11-20-13-25(21(15-26)24(20)28)14-22(27)31-16-18-6-4-3-5-7-18/h3-7,17,19-21,23-24,26,28H,8-16H2,1-2H3/t19-,20-,21+,24+/m0/s1. The van der Waals surface area contributed by atoms with E-state index in [9.17, 15) is 15.0 Å². The van der Waals surface area contributed by atoms with Gasteiger partial charge in [0.05, 0.1) is 38.5 Å². The zero-order valence-corrected chi connectivity index (χ0v) is 18.7. The average Bonchev–Trinajstić information content (AvgIpc) is 3.35. The molecule has 2 fully saturated rings. The minimum Gasteiger partial charge on any atom is -0.460 e. The van der Waals surface area contributed by atoms with Crippen molar-refractivity contribution in [3.05, 3.63) is 35.9 Å². The van der Waals surface area contributed by atoms with Crippen LogP contribution in [0.5, 0.6) is 0 Å². The molecule has 7 nitrogen and oxygen atoms in total. The van der Waals surface area contributed by atoms with Crippen LogP contribution in [0, 0.1) is 17.8 Å². The van der Waals surface area contributed by atoms with Gasteiger partial charge in [0, 0.05) is 13.0 Å². The molecule has 0 saturated carbocycles. The van der Waals surface area contributed by atoms with Crippen molar-refractivity contribution in [1.29, 1.82) is 0 Å². The van der Waals surface area contributed by atoms with Crippen molar-refractivity contribution in [1.82, 2.24) is 4.90 Å². The van der Waals surface area contributed by atoms with E-state index in [1.54, 1.807) is 0 Å². The summed E-state index contributed by atoms with van der Waals surface area (Å²) in [6, 6.07) is 9.09. The third-order valence-corrected chi connectivity index (χ3v) is 6.23. The Bertz CT molecular complexity index is 663. The third kappa shape index (κ3) is 7.26. The van der Waals surface area contributed by atoms with Crippen molar-refractivity contribution in [3.8, 4) is 0 Å². The van der Waals surface area contributed by atoms with Gasteiger partial charge < -0.3 is 24.4 Å². The second-order valence-electron chi connectivity index (χ2n) is 9.21. The summed E-state index contributed by atoms with van der Waals surface area (Å²) in [7, 11) is 0. The quantitative estimate of drug-likeness (QED) is 0.515. The fourth-order valence-electron chi connectivity index (χ4n) is 4.84. The van der Waals surface area contributed by atoms with Gasteiger partial charge >= 0.3 is 5.97 Å². The summed E-state index contributed by atoms with van der Waals surface area (Å²) >= 11 is 0. The molecule has 0 unspecified atom stereocenters. The van der Waals surface area contributed by atoms with Gasteiger partial charge in [0.15, 0.2) is 6.29 Å². The summed E-state index contributed by atoms with van der Waals surface area (Å²) in [5, 5.41) is 20.7. The Labute approximate surface area is 185 Å². The summed E-state index contributed by atoms with van der Waals surface area (Å²) in [6.45, 7) is 6.32. The smallest absolute Gasteiger partial charge is 0.320 e. The fraction of sp³-hybridized carbons (Fsp3) is 0.708. The van der Waals surface area contributed by atoms with Crippen LogP contribution in [0.25, 0.3) is 0 Å². The van der Waals surface area contributed by atoms with Crippen molar-refractivity contribution in [2.45, 2.75) is 58.2 Å². The molecule has 1 aromatic carbocycles. The average molecular weight is 436 g/mol. The molecule has 2 heterocycles. The van der Waals surface area contributed by atoms with E-state index in [0.717, 1.165) is 24.8 Å². The molecule has 2 saturated heterocycles. The molecule has 2 N–H and O–H groups in total. The molecule has 0 spiro atoms. The first-order valence-electron chi connectivity index (χ1n) is 11.4. The van der Waals surface area contributed by atoms with E-state index in [4.69, 9.17) is 14.2 Å². The maximum atomic E-state index is 12.4. The number of hydrogen-bond donors (Lipinski definition) is 2. The number of carbonyl (C=O) groups is 1. The number of esters is 1. The lowest BCUT2D eigenvalue weighted by atomic mass is 9.84. The van der Waals surface area contributed by atoms with Crippen LogP contribution in [-0.4, -0.2) is 72.4 Å². The van der Waals surface area contributed by atoms with Crippen molar-refractivity contribution in [2.24, 2.45) is 17.8 Å². The van der Waals surface area contributed by atoms with E-state index in [2.05, 4.69) is 13.8 Å². The molecule has 3 rings (SSSR count). The molecule has 4 atom stereocenters. The molecule has 0 bridgehead atoms. The SMILES string of the molecule is CC(C)C[C@H](CC1OCCO1)C[C@H]1CN(CC(=O)OCc2ccccc2)[C@H](CO)[C@@H]1O. The predicted octanol–water partition coefficient (Wildman–Crippen LogP) is 2.20. The highest BCUT2D eigenvalue weighted by atomic mass is 16.7. The molecule has 2 aliphatic rings. The molecular formula is C24H37NO6. The second kappa shape index (κ2) is 11.9. The number of rotatable bonds is 11. The highest BCUT2D eigenvalue weighted by Crippen LogP contribution is 2.34. The lowest BCUT2D eigenvalue weighted by molar-refractivity contribution is -0.146. The first-order valence-corrected chi connectivity index (χ1v) is 11.4. The zero-order chi connectivity index (χ0) is 22.2. The van der Waals surface area contributed by atoms with Crippen LogP contribution < -0.4 is 0 Å². The van der Waals surface area contributed by atoms with Gasteiger partial charge in [0.25, 0.3) is 0 Å². The summed E-state index contributed by atoms with van der Waals surface area (Å²) in [4.78, 5) is 14.2. The Morgan fingerprint density at radius 2 is 1.90 bits per heavy atom. The molecule has 0 amide bonds. The molecule has 0 aliphatic carbocycles. The van der Waals surface area contributed by atoms with Gasteiger partial charge in [-0.3, -0.25) is 9.69 Å². The van der Waals surface area contributed by atoms with E-state index < -0.39 is 12.1 Å². The minimum atomic E-state index is -0.674. The first-order chi connectivity index (χ1) is 15.0. The monoisotopic (exact) mass is 435 g/mol. The Hall–Kier alpha value is -1.51. The highest BCUT2D eigenvalue weighted by Gasteiger charge is 2.42. The van der Waals surface area contributed by atoms with Crippen LogP contribution in [0.15, 0.2) is 30.3 Å². The molecule has 0 radical (unpaired) electrons. The molecule has 174 valence electrons. The number of hydrogen-bond acceptors (Lipinski definition) is 7. The van der Waals surface area contributed by atoms with E-state index in [-0.39, 0.29) is 37.9 Å². The Kier molecular flexibility index (Phi) is 9.29. The van der Waals surface area contributed by atoms with E-state index >= 15 is 0 Å². The van der Waals surface area contributed by atoms with Gasteiger partial charge in [-0.1, -0.05) is 44.2 Å². The minimum absolute atomic E-state index is 0.00998. The number of ether oxygens (including phenoxy) is 3. The third-order valence-electron chi connectivity index (χ3n) is 6.23. The Balaban J connectivity index is 1.54. The Morgan fingerprint density at radius 1 is 1.19 bits per heavy atom. The van der Waals surface area contributed by atoms with E-state index in [0.29, 0.717) is 31.6 Å². The first kappa shape index (κ1) is 24.1. The van der Waals surface area contributed by atoms with E-state index in [1.165, 1.54) is 0 Å². The number of benzene rings is 1. The number of likely N-dealkylation sites (tertiary alicyclic amines) is 1. The molecule has 1 aromatic rings. The zero-order valence-electron chi connectivity index (χ0n) is 18.7. The van der Waals surface area contributed by atoms with Gasteiger partial charge in [-0.2, -0.15) is 0 Å². The Morgan fingerprint density at radius 3 is 2.55 bits per heavy atom. The largest absolute Gasteiger partial charge is 0.460 e. The van der Waals surface area contributed by atoms with Gasteiger partial charge in [0.2, 0.25) is 0 Å². The molecule has 0 aromatic heterocycles. The van der Waals surface area contributed by atoms with Gasteiger partial charge in [-0.15, -0.1) is 0 Å². The second-order valence-corrected chi connectivity index (χ2v) is 9.21. The molecule has 2 aliphatic heterocycles. The van der Waals surface area contributed by atoms with Gasteiger partial charge in [-0.25, -0.2) is 0 Å². The maximum absolute atomic E-state index is 12.4. The molecular weight excluding hydrogens is 398 g/mol. The molecule has 31 heavy (non-hydrogen) atoms.